The van der Waals surface area contributed by atoms with Crippen LogP contribution in [-0.2, 0) is 14.5 Å². The number of fused-ring (bicyclic) bond motifs is 2. The van der Waals surface area contributed by atoms with Gasteiger partial charge in [-0.25, -0.2) is 4.39 Å². The lowest BCUT2D eigenvalue weighted by Crippen LogP contribution is -2.47. The van der Waals surface area contributed by atoms with Gasteiger partial charge in [0.2, 0.25) is 10.8 Å². The summed E-state index contributed by atoms with van der Waals surface area (Å²) in [5, 5.41) is 2.44. The third-order valence-electron chi connectivity index (χ3n) is 4.14. The summed E-state index contributed by atoms with van der Waals surface area (Å²) in [6.45, 7) is 1.77. The summed E-state index contributed by atoms with van der Waals surface area (Å²) >= 11 is 1.29. The van der Waals surface area contributed by atoms with Crippen molar-refractivity contribution in [2.45, 2.75) is 17.0 Å². The number of hydrogen-bond donors (Lipinski definition) is 1. The van der Waals surface area contributed by atoms with Crippen molar-refractivity contribution < 1.29 is 14.0 Å². The van der Waals surface area contributed by atoms with Crippen LogP contribution in [-0.4, -0.2) is 17.1 Å². The van der Waals surface area contributed by atoms with Gasteiger partial charge in [-0.05, 0) is 31.2 Å². The Morgan fingerprint density at radius 3 is 2.74 bits per heavy atom. The molecule has 0 saturated carbocycles. The Labute approximate surface area is 136 Å². The SMILES string of the molecule is C[C@@H]1S[C@]2(C(=O)Nc3ccccc32)N(c2cccc(F)c2)C1=O. The zero-order valence-electron chi connectivity index (χ0n) is 12.2. The van der Waals surface area contributed by atoms with Gasteiger partial charge in [0.25, 0.3) is 5.91 Å². The Bertz CT molecular complexity index is 841. The molecule has 0 aromatic heterocycles. The van der Waals surface area contributed by atoms with Crippen LogP contribution in [0.1, 0.15) is 12.5 Å². The van der Waals surface area contributed by atoms with Crippen LogP contribution >= 0.6 is 11.8 Å². The molecule has 23 heavy (non-hydrogen) atoms. The number of rotatable bonds is 1. The number of nitrogens with zero attached hydrogens (tertiary/aromatic N) is 1. The maximum absolute atomic E-state index is 13.7. The number of benzene rings is 2. The zero-order chi connectivity index (χ0) is 16.2. The van der Waals surface area contributed by atoms with E-state index in [0.717, 1.165) is 5.56 Å². The Morgan fingerprint density at radius 1 is 1.17 bits per heavy atom. The van der Waals surface area contributed by atoms with Crippen molar-refractivity contribution in [2.75, 3.05) is 10.2 Å². The lowest BCUT2D eigenvalue weighted by Gasteiger charge is -2.32. The third kappa shape index (κ3) is 1.84. The predicted molar refractivity (Wildman–Crippen MR) is 87.7 cm³/mol. The molecule has 0 bridgehead atoms. The second-order valence-corrected chi connectivity index (χ2v) is 7.09. The second kappa shape index (κ2) is 4.83. The fraction of sp³-hybridized carbons (Fsp3) is 0.176. The Hall–Kier alpha value is -2.34. The average Bonchev–Trinajstić information content (AvgIpc) is 2.95. The summed E-state index contributed by atoms with van der Waals surface area (Å²) in [6, 6.07) is 13.1. The van der Waals surface area contributed by atoms with E-state index < -0.39 is 15.9 Å². The van der Waals surface area contributed by atoms with Crippen LogP contribution in [0.25, 0.3) is 0 Å². The van der Waals surface area contributed by atoms with Crippen LogP contribution in [0.3, 0.4) is 0 Å². The highest BCUT2D eigenvalue weighted by Gasteiger charge is 2.60. The van der Waals surface area contributed by atoms with E-state index in [9.17, 15) is 14.0 Å². The Balaban J connectivity index is 1.96. The van der Waals surface area contributed by atoms with Gasteiger partial charge >= 0.3 is 0 Å². The number of nitrogens with one attached hydrogen (secondary N) is 1. The van der Waals surface area contributed by atoms with Gasteiger partial charge in [-0.15, -0.1) is 11.8 Å². The largest absolute Gasteiger partial charge is 0.323 e. The van der Waals surface area contributed by atoms with Gasteiger partial charge < -0.3 is 5.32 Å². The van der Waals surface area contributed by atoms with E-state index in [-0.39, 0.29) is 11.8 Å². The molecule has 4 rings (SSSR count). The molecule has 6 heteroatoms. The maximum Gasteiger partial charge on any atom is 0.266 e. The topological polar surface area (TPSA) is 49.4 Å². The molecule has 0 aliphatic carbocycles. The molecule has 0 unspecified atom stereocenters. The van der Waals surface area contributed by atoms with Gasteiger partial charge in [-0.3, -0.25) is 14.5 Å². The minimum atomic E-state index is -1.18. The van der Waals surface area contributed by atoms with Crippen molar-refractivity contribution in [1.82, 2.24) is 0 Å². The summed E-state index contributed by atoms with van der Waals surface area (Å²) < 4.78 is 13.7. The van der Waals surface area contributed by atoms with Gasteiger partial charge in [0.05, 0.1) is 5.25 Å². The third-order valence-corrected chi connectivity index (χ3v) is 5.63. The van der Waals surface area contributed by atoms with E-state index in [2.05, 4.69) is 5.32 Å². The van der Waals surface area contributed by atoms with Crippen LogP contribution < -0.4 is 10.2 Å². The molecule has 1 spiro atoms. The van der Waals surface area contributed by atoms with Crippen molar-refractivity contribution in [3.05, 3.63) is 59.9 Å². The molecule has 2 aliphatic heterocycles. The predicted octanol–water partition coefficient (Wildman–Crippen LogP) is 3.10. The number of anilines is 2. The van der Waals surface area contributed by atoms with Gasteiger partial charge in [-0.1, -0.05) is 24.3 Å². The summed E-state index contributed by atoms with van der Waals surface area (Å²) in [6.07, 6.45) is 0. The van der Waals surface area contributed by atoms with E-state index in [1.54, 1.807) is 19.1 Å². The van der Waals surface area contributed by atoms with E-state index >= 15 is 0 Å². The molecule has 2 amide bonds. The number of para-hydroxylation sites is 1. The molecular formula is C17H13FN2O2S. The molecule has 4 nitrogen and oxygen atoms in total. The highest BCUT2D eigenvalue weighted by molar-refractivity contribution is 8.03. The summed E-state index contributed by atoms with van der Waals surface area (Å²) in [5.41, 5.74) is 1.81. The van der Waals surface area contributed by atoms with Crippen LogP contribution in [0.15, 0.2) is 48.5 Å². The van der Waals surface area contributed by atoms with Crippen molar-refractivity contribution in [2.24, 2.45) is 0 Å². The lowest BCUT2D eigenvalue weighted by atomic mass is 10.0. The minimum absolute atomic E-state index is 0.201. The highest BCUT2D eigenvalue weighted by Crippen LogP contribution is 2.55. The number of thioether (sulfide) groups is 1. The van der Waals surface area contributed by atoms with E-state index in [0.29, 0.717) is 11.4 Å². The van der Waals surface area contributed by atoms with Crippen LogP contribution in [0, 0.1) is 5.82 Å². The molecule has 2 heterocycles. The molecule has 2 atom stereocenters. The van der Waals surface area contributed by atoms with Gasteiger partial charge in [0, 0.05) is 16.9 Å². The fourth-order valence-electron chi connectivity index (χ4n) is 3.18. The Morgan fingerprint density at radius 2 is 1.96 bits per heavy atom. The highest BCUT2D eigenvalue weighted by atomic mass is 32.2. The summed E-state index contributed by atoms with van der Waals surface area (Å²) in [5.74, 6) is -0.917. The standard InChI is InChI=1S/C17H13FN2O2S/c1-10-15(21)20(12-6-4-5-11(18)9-12)17(23-10)13-7-2-3-8-14(13)19-16(17)22/h2-10H,1H3,(H,19,22)/t10-,17+/m0/s1. The molecule has 2 aromatic rings. The minimum Gasteiger partial charge on any atom is -0.323 e. The first-order chi connectivity index (χ1) is 11.0. The molecule has 116 valence electrons. The van der Waals surface area contributed by atoms with Gasteiger partial charge in [0.1, 0.15) is 5.82 Å². The first-order valence-electron chi connectivity index (χ1n) is 7.22. The molecule has 1 N–H and O–H groups in total. The normalized spacial score (nSPS) is 25.8. The molecule has 2 aliphatic rings. The number of carbonyl (C=O) groups is 2. The number of amides is 2. The monoisotopic (exact) mass is 328 g/mol. The Kier molecular flexibility index (Phi) is 2.99. The molecular weight excluding hydrogens is 315 g/mol. The lowest BCUT2D eigenvalue weighted by molar-refractivity contribution is -0.122. The zero-order valence-corrected chi connectivity index (χ0v) is 13.1. The maximum atomic E-state index is 13.7. The number of carbonyl (C=O) groups excluding carboxylic acids is 2. The first kappa shape index (κ1) is 14.3. The van der Waals surface area contributed by atoms with Crippen LogP contribution in [0.4, 0.5) is 15.8 Å². The first-order valence-corrected chi connectivity index (χ1v) is 8.10. The van der Waals surface area contributed by atoms with Gasteiger partial charge in [-0.2, -0.15) is 0 Å². The van der Waals surface area contributed by atoms with E-state index in [1.807, 2.05) is 18.2 Å². The van der Waals surface area contributed by atoms with Crippen molar-refractivity contribution >= 4 is 35.0 Å². The molecule has 0 radical (unpaired) electrons. The fourth-order valence-corrected chi connectivity index (χ4v) is 4.66. The van der Waals surface area contributed by atoms with E-state index in [1.165, 1.54) is 34.9 Å². The smallest absolute Gasteiger partial charge is 0.266 e. The molecule has 1 saturated heterocycles. The summed E-state index contributed by atoms with van der Waals surface area (Å²) in [4.78, 5) is 25.8. The van der Waals surface area contributed by atoms with E-state index in [4.69, 9.17) is 0 Å². The number of halogens is 1. The van der Waals surface area contributed by atoms with Crippen molar-refractivity contribution in [3.8, 4) is 0 Å². The molecule has 1 fully saturated rings. The van der Waals surface area contributed by atoms with Crippen LogP contribution in [0.2, 0.25) is 0 Å². The van der Waals surface area contributed by atoms with Crippen molar-refractivity contribution in [3.63, 3.8) is 0 Å². The number of hydrogen-bond acceptors (Lipinski definition) is 3. The van der Waals surface area contributed by atoms with Gasteiger partial charge in [0.15, 0.2) is 0 Å². The quantitative estimate of drug-likeness (QED) is 0.875. The van der Waals surface area contributed by atoms with Crippen molar-refractivity contribution in [1.29, 1.82) is 0 Å². The molecule has 2 aromatic carbocycles. The average molecular weight is 328 g/mol. The summed E-state index contributed by atoms with van der Waals surface area (Å²) in [7, 11) is 0. The van der Waals surface area contributed by atoms with Crippen LogP contribution in [0.5, 0.6) is 0 Å². The second-order valence-electron chi connectivity index (χ2n) is 5.56.